The van der Waals surface area contributed by atoms with Crippen LogP contribution in [0.4, 0.5) is 0 Å². The summed E-state index contributed by atoms with van der Waals surface area (Å²) in [5.74, 6) is 2.84. The summed E-state index contributed by atoms with van der Waals surface area (Å²) in [4.78, 5) is 1.67. The van der Waals surface area contributed by atoms with Crippen molar-refractivity contribution in [3.05, 3.63) is 22.6 Å². The lowest BCUT2D eigenvalue weighted by atomic mass is 9.88. The molecule has 60 valence electrons. The van der Waals surface area contributed by atoms with Gasteiger partial charge in [0.05, 0.1) is 0 Å². The quantitative estimate of drug-likeness (QED) is 0.532. The first-order valence-electron chi connectivity index (χ1n) is 4.33. The van der Waals surface area contributed by atoms with Crippen molar-refractivity contribution in [2.75, 3.05) is 5.75 Å². The van der Waals surface area contributed by atoms with Gasteiger partial charge in [0.2, 0.25) is 0 Å². The molecule has 11 heavy (non-hydrogen) atoms. The fourth-order valence-corrected chi connectivity index (χ4v) is 3.12. The molecule has 0 aromatic heterocycles. The molecule has 1 aliphatic carbocycles. The highest BCUT2D eigenvalue weighted by Crippen LogP contribution is 2.43. The van der Waals surface area contributed by atoms with Crippen LogP contribution in [0.3, 0.4) is 0 Å². The molecule has 0 saturated carbocycles. The summed E-state index contributed by atoms with van der Waals surface area (Å²) in [6, 6.07) is 0. The molecule has 1 heterocycles. The van der Waals surface area contributed by atoms with E-state index >= 15 is 0 Å². The fraction of sp³-hybridized carbons (Fsp3) is 0.600. The van der Waals surface area contributed by atoms with Gasteiger partial charge in [0.15, 0.2) is 0 Å². The Hall–Kier alpha value is -0.170. The van der Waals surface area contributed by atoms with Gasteiger partial charge in [0.25, 0.3) is 0 Å². The molecule has 0 nitrogen and oxygen atoms in total. The van der Waals surface area contributed by atoms with Crippen LogP contribution < -0.4 is 0 Å². The molecular weight excluding hydrogens is 152 g/mol. The minimum absolute atomic E-state index is 0.749. The number of thioether (sulfide) groups is 1. The van der Waals surface area contributed by atoms with Crippen LogP contribution in [-0.2, 0) is 0 Å². The van der Waals surface area contributed by atoms with Gasteiger partial charge in [-0.15, -0.1) is 11.8 Å². The van der Waals surface area contributed by atoms with Crippen LogP contribution in [0, 0.1) is 11.8 Å². The van der Waals surface area contributed by atoms with Crippen LogP contribution in [0.5, 0.6) is 0 Å². The van der Waals surface area contributed by atoms with Gasteiger partial charge in [-0.05, 0) is 28.7 Å². The van der Waals surface area contributed by atoms with E-state index in [0.717, 1.165) is 11.8 Å². The van der Waals surface area contributed by atoms with E-state index in [0.29, 0.717) is 0 Å². The Morgan fingerprint density at radius 3 is 3.09 bits per heavy atom. The number of allylic oxidation sites excluding steroid dienone is 4. The van der Waals surface area contributed by atoms with Gasteiger partial charge in [-0.1, -0.05) is 26.0 Å². The van der Waals surface area contributed by atoms with Crippen molar-refractivity contribution in [1.82, 2.24) is 0 Å². The fourth-order valence-electron chi connectivity index (χ4n) is 1.75. The van der Waals surface area contributed by atoms with E-state index in [1.54, 1.807) is 10.5 Å². The van der Waals surface area contributed by atoms with E-state index in [4.69, 9.17) is 0 Å². The zero-order chi connectivity index (χ0) is 7.84. The maximum absolute atomic E-state index is 2.36. The lowest BCUT2D eigenvalue weighted by Gasteiger charge is -2.22. The lowest BCUT2D eigenvalue weighted by Crippen LogP contribution is -2.09. The van der Waals surface area contributed by atoms with Gasteiger partial charge in [-0.3, -0.25) is 0 Å². The van der Waals surface area contributed by atoms with Crippen LogP contribution >= 0.6 is 11.8 Å². The van der Waals surface area contributed by atoms with Crippen molar-refractivity contribution in [3.8, 4) is 0 Å². The third-order valence-electron chi connectivity index (χ3n) is 2.75. The topological polar surface area (TPSA) is 0 Å². The van der Waals surface area contributed by atoms with E-state index in [1.165, 1.54) is 12.2 Å². The first-order valence-corrected chi connectivity index (χ1v) is 5.31. The predicted octanol–water partition coefficient (Wildman–Crippen LogP) is 3.22. The van der Waals surface area contributed by atoms with Crippen molar-refractivity contribution in [2.45, 2.75) is 20.3 Å². The standard InChI is InChI=1S/C10H14S/c1-7-3-4-9-5-6-11-10(9)8(7)2/h3-4,7-8H,5-6H2,1-2H3/t7-,8?/m0/s1. The van der Waals surface area contributed by atoms with Crippen molar-refractivity contribution < 1.29 is 0 Å². The molecule has 2 rings (SSSR count). The Morgan fingerprint density at radius 2 is 2.27 bits per heavy atom. The smallest absolute Gasteiger partial charge is 0.00178 e. The minimum Gasteiger partial charge on any atom is -0.130 e. The zero-order valence-corrected chi connectivity index (χ0v) is 7.95. The van der Waals surface area contributed by atoms with Crippen molar-refractivity contribution in [1.29, 1.82) is 0 Å². The number of rotatable bonds is 0. The molecule has 0 saturated heterocycles. The van der Waals surface area contributed by atoms with E-state index in [9.17, 15) is 0 Å². The Labute approximate surface area is 72.8 Å². The summed E-state index contributed by atoms with van der Waals surface area (Å²) in [5, 5.41) is 0. The SMILES string of the molecule is CC1C2=C(C=C[C@@H]1C)CCS2. The second-order valence-electron chi connectivity index (χ2n) is 3.49. The minimum atomic E-state index is 0.749. The van der Waals surface area contributed by atoms with E-state index in [2.05, 4.69) is 37.8 Å². The third kappa shape index (κ3) is 1.16. The van der Waals surface area contributed by atoms with E-state index in [-0.39, 0.29) is 0 Å². The second kappa shape index (κ2) is 2.71. The van der Waals surface area contributed by atoms with Crippen molar-refractivity contribution in [2.24, 2.45) is 11.8 Å². The van der Waals surface area contributed by atoms with Crippen LogP contribution in [-0.4, -0.2) is 5.75 Å². The Bertz CT molecular complexity index is 225. The van der Waals surface area contributed by atoms with Gasteiger partial charge < -0.3 is 0 Å². The molecule has 0 fully saturated rings. The van der Waals surface area contributed by atoms with Gasteiger partial charge in [-0.25, -0.2) is 0 Å². The second-order valence-corrected chi connectivity index (χ2v) is 4.63. The summed E-state index contributed by atoms with van der Waals surface area (Å²) in [6.07, 6.45) is 5.99. The monoisotopic (exact) mass is 166 g/mol. The van der Waals surface area contributed by atoms with Crippen LogP contribution in [0.2, 0.25) is 0 Å². The van der Waals surface area contributed by atoms with Gasteiger partial charge in [-0.2, -0.15) is 0 Å². The first-order chi connectivity index (χ1) is 5.29. The van der Waals surface area contributed by atoms with Crippen LogP contribution in [0.1, 0.15) is 20.3 Å². The van der Waals surface area contributed by atoms with Gasteiger partial charge in [0, 0.05) is 5.75 Å². The molecule has 2 atom stereocenters. The molecule has 0 spiro atoms. The largest absolute Gasteiger partial charge is 0.130 e. The van der Waals surface area contributed by atoms with E-state index in [1.807, 2.05) is 0 Å². The number of hydrogen-bond donors (Lipinski definition) is 0. The molecule has 0 bridgehead atoms. The summed E-state index contributed by atoms with van der Waals surface area (Å²) >= 11 is 2.07. The van der Waals surface area contributed by atoms with Crippen molar-refractivity contribution in [3.63, 3.8) is 0 Å². The maximum atomic E-state index is 2.36. The molecule has 1 unspecified atom stereocenters. The molecule has 0 amide bonds. The molecular formula is C10H14S. The summed E-state index contributed by atoms with van der Waals surface area (Å²) in [7, 11) is 0. The Morgan fingerprint density at radius 1 is 1.45 bits per heavy atom. The third-order valence-corrected chi connectivity index (χ3v) is 4.10. The highest BCUT2D eigenvalue weighted by Gasteiger charge is 2.24. The Kier molecular flexibility index (Phi) is 1.84. The van der Waals surface area contributed by atoms with Crippen LogP contribution in [0.25, 0.3) is 0 Å². The molecule has 0 N–H and O–H groups in total. The van der Waals surface area contributed by atoms with E-state index < -0.39 is 0 Å². The van der Waals surface area contributed by atoms with Crippen LogP contribution in [0.15, 0.2) is 22.6 Å². The molecule has 1 heteroatoms. The number of hydrogen-bond acceptors (Lipinski definition) is 1. The normalized spacial score (nSPS) is 36.2. The highest BCUT2D eigenvalue weighted by molar-refractivity contribution is 8.03. The molecule has 0 aromatic carbocycles. The summed E-state index contributed by atoms with van der Waals surface area (Å²) < 4.78 is 0. The summed E-state index contributed by atoms with van der Waals surface area (Å²) in [5.41, 5.74) is 1.61. The zero-order valence-electron chi connectivity index (χ0n) is 7.13. The van der Waals surface area contributed by atoms with Gasteiger partial charge >= 0.3 is 0 Å². The molecule has 0 aromatic rings. The highest BCUT2D eigenvalue weighted by atomic mass is 32.2. The average molecular weight is 166 g/mol. The first kappa shape index (κ1) is 7.48. The van der Waals surface area contributed by atoms with Gasteiger partial charge in [0.1, 0.15) is 0 Å². The average Bonchev–Trinajstić information content (AvgIpc) is 2.45. The molecule has 2 aliphatic rings. The lowest BCUT2D eigenvalue weighted by molar-refractivity contribution is 0.541. The molecule has 1 aliphatic heterocycles. The van der Waals surface area contributed by atoms with Crippen molar-refractivity contribution >= 4 is 11.8 Å². The molecule has 0 radical (unpaired) electrons. The Balaban J connectivity index is 2.30. The predicted molar refractivity (Wildman–Crippen MR) is 51.6 cm³/mol. The maximum Gasteiger partial charge on any atom is 0.00178 e. The summed E-state index contributed by atoms with van der Waals surface area (Å²) in [6.45, 7) is 4.66.